The Bertz CT molecular complexity index is 1020. The van der Waals surface area contributed by atoms with Crippen molar-refractivity contribution in [2.45, 2.75) is 33.6 Å². The molecule has 2 aliphatic rings. The first kappa shape index (κ1) is 20.2. The lowest BCUT2D eigenvalue weighted by Gasteiger charge is -2.32. The summed E-state index contributed by atoms with van der Waals surface area (Å²) in [5, 5.41) is 3.23. The number of likely N-dealkylation sites (N-methyl/N-ethyl adjacent to an activating group) is 1. The van der Waals surface area contributed by atoms with Gasteiger partial charge in [-0.05, 0) is 68.0 Å². The molecule has 1 fully saturated rings. The van der Waals surface area contributed by atoms with Crippen LogP contribution in [0, 0.1) is 19.8 Å². The number of benzene rings is 2. The molecule has 0 aromatic heterocycles. The summed E-state index contributed by atoms with van der Waals surface area (Å²) in [4.78, 5) is 29.2. The van der Waals surface area contributed by atoms with Gasteiger partial charge in [0, 0.05) is 31.5 Å². The van der Waals surface area contributed by atoms with Crippen LogP contribution in [0.2, 0.25) is 0 Å². The van der Waals surface area contributed by atoms with Gasteiger partial charge in [0.1, 0.15) is 5.70 Å². The van der Waals surface area contributed by atoms with Gasteiger partial charge in [0.15, 0.2) is 0 Å². The second kappa shape index (κ2) is 7.98. The fourth-order valence-electron chi connectivity index (χ4n) is 4.27. The van der Waals surface area contributed by atoms with Crippen molar-refractivity contribution in [3.05, 3.63) is 64.9 Å². The summed E-state index contributed by atoms with van der Waals surface area (Å²) in [6.07, 6.45) is 2.43. The molecule has 2 aliphatic heterocycles. The Morgan fingerprint density at radius 2 is 1.60 bits per heavy atom. The zero-order valence-corrected chi connectivity index (χ0v) is 18.2. The van der Waals surface area contributed by atoms with E-state index in [1.165, 1.54) is 30.5 Å². The van der Waals surface area contributed by atoms with Gasteiger partial charge in [-0.2, -0.15) is 0 Å². The Labute approximate surface area is 178 Å². The highest BCUT2D eigenvalue weighted by atomic mass is 16.2. The molecule has 1 N–H and O–H groups in total. The topological polar surface area (TPSA) is 52.7 Å². The van der Waals surface area contributed by atoms with Gasteiger partial charge in [-0.15, -0.1) is 0 Å². The van der Waals surface area contributed by atoms with Gasteiger partial charge in [-0.25, -0.2) is 0 Å². The molecule has 1 saturated heterocycles. The fraction of sp³-hybridized carbons (Fsp3) is 0.360. The predicted molar refractivity (Wildman–Crippen MR) is 121 cm³/mol. The van der Waals surface area contributed by atoms with E-state index in [1.54, 1.807) is 0 Å². The zero-order chi connectivity index (χ0) is 21.4. The van der Waals surface area contributed by atoms with Gasteiger partial charge in [-0.1, -0.05) is 30.7 Å². The van der Waals surface area contributed by atoms with Crippen LogP contribution >= 0.6 is 0 Å². The van der Waals surface area contributed by atoms with Crippen molar-refractivity contribution in [2.75, 3.05) is 30.4 Å². The van der Waals surface area contributed by atoms with Gasteiger partial charge in [-0.3, -0.25) is 14.5 Å². The van der Waals surface area contributed by atoms with Crippen LogP contribution in [0.4, 0.5) is 11.4 Å². The highest BCUT2D eigenvalue weighted by molar-refractivity contribution is 6.36. The number of piperidine rings is 1. The molecule has 156 valence electrons. The first-order valence-electron chi connectivity index (χ1n) is 10.6. The van der Waals surface area contributed by atoms with Crippen molar-refractivity contribution < 1.29 is 9.59 Å². The molecule has 30 heavy (non-hydrogen) atoms. The van der Waals surface area contributed by atoms with E-state index in [4.69, 9.17) is 0 Å². The highest BCUT2D eigenvalue weighted by Crippen LogP contribution is 2.32. The lowest BCUT2D eigenvalue weighted by atomic mass is 9.97. The Kier molecular flexibility index (Phi) is 5.37. The molecule has 0 saturated carbocycles. The molecule has 2 aromatic rings. The second-order valence-electron chi connectivity index (χ2n) is 8.58. The Morgan fingerprint density at radius 3 is 2.23 bits per heavy atom. The molecule has 0 atom stereocenters. The highest BCUT2D eigenvalue weighted by Gasteiger charge is 2.37. The number of aryl methyl sites for hydroxylation is 2. The summed E-state index contributed by atoms with van der Waals surface area (Å²) in [5.74, 6) is 0.221. The summed E-state index contributed by atoms with van der Waals surface area (Å²) in [7, 11) is 1.53. The van der Waals surface area contributed by atoms with Crippen LogP contribution in [-0.2, 0) is 9.59 Å². The number of rotatable bonds is 4. The van der Waals surface area contributed by atoms with E-state index in [2.05, 4.69) is 29.3 Å². The van der Waals surface area contributed by atoms with Gasteiger partial charge in [0.25, 0.3) is 11.8 Å². The summed E-state index contributed by atoms with van der Waals surface area (Å²) in [6.45, 7) is 8.45. The third-order valence-electron chi connectivity index (χ3n) is 6.22. The summed E-state index contributed by atoms with van der Waals surface area (Å²) < 4.78 is 0. The molecule has 0 aliphatic carbocycles. The summed E-state index contributed by atoms with van der Waals surface area (Å²) in [6, 6.07) is 14.1. The number of nitrogens with zero attached hydrogens (tertiary/aromatic N) is 2. The van der Waals surface area contributed by atoms with Gasteiger partial charge in [0.05, 0.1) is 5.57 Å². The third kappa shape index (κ3) is 3.72. The van der Waals surface area contributed by atoms with Crippen molar-refractivity contribution in [2.24, 2.45) is 5.92 Å². The Morgan fingerprint density at radius 1 is 0.933 bits per heavy atom. The molecule has 4 rings (SSSR count). The smallest absolute Gasteiger partial charge is 0.277 e. The van der Waals surface area contributed by atoms with Crippen LogP contribution in [0.1, 0.15) is 36.5 Å². The SMILES string of the molecule is Cc1ccc(C2=C(Nc3ccc(N4CCC(C)CC4)cc3)C(=O)N(C)C2=O)c(C)c1. The largest absolute Gasteiger partial charge is 0.372 e. The van der Waals surface area contributed by atoms with Crippen molar-refractivity contribution in [3.63, 3.8) is 0 Å². The van der Waals surface area contributed by atoms with E-state index in [1.807, 2.05) is 44.2 Å². The zero-order valence-electron chi connectivity index (χ0n) is 18.2. The van der Waals surface area contributed by atoms with Crippen LogP contribution < -0.4 is 10.2 Å². The number of carbonyl (C=O) groups is 2. The fourth-order valence-corrected chi connectivity index (χ4v) is 4.27. The van der Waals surface area contributed by atoms with Crippen LogP contribution in [0.25, 0.3) is 5.57 Å². The Hall–Kier alpha value is -3.08. The number of nitrogens with one attached hydrogen (secondary N) is 1. The monoisotopic (exact) mass is 403 g/mol. The molecule has 2 amide bonds. The quantitative estimate of drug-likeness (QED) is 0.771. The molecule has 0 spiro atoms. The standard InChI is InChI=1S/C25H29N3O2/c1-16-11-13-28(14-12-16)20-8-6-19(7-9-20)26-23-22(24(29)27(4)25(23)30)21-10-5-17(2)15-18(21)3/h5-10,15-16,26H,11-14H2,1-4H3. The van der Waals surface area contributed by atoms with Crippen molar-refractivity contribution >= 4 is 28.8 Å². The molecule has 0 radical (unpaired) electrons. The van der Waals surface area contributed by atoms with Crippen molar-refractivity contribution in [3.8, 4) is 0 Å². The lowest BCUT2D eigenvalue weighted by Crippen LogP contribution is -2.32. The first-order valence-corrected chi connectivity index (χ1v) is 10.6. The van der Waals surface area contributed by atoms with E-state index in [-0.39, 0.29) is 11.8 Å². The van der Waals surface area contributed by atoms with Crippen LogP contribution in [0.15, 0.2) is 48.2 Å². The number of hydrogen-bond acceptors (Lipinski definition) is 4. The minimum absolute atomic E-state index is 0.270. The summed E-state index contributed by atoms with van der Waals surface area (Å²) >= 11 is 0. The Balaban J connectivity index is 1.63. The predicted octanol–water partition coefficient (Wildman–Crippen LogP) is 4.36. The summed E-state index contributed by atoms with van der Waals surface area (Å²) in [5.41, 5.74) is 5.68. The molecule has 2 aromatic carbocycles. The third-order valence-corrected chi connectivity index (χ3v) is 6.22. The molecule has 5 nitrogen and oxygen atoms in total. The van der Waals surface area contributed by atoms with E-state index in [9.17, 15) is 9.59 Å². The maximum atomic E-state index is 12.8. The van der Waals surface area contributed by atoms with Crippen LogP contribution in [-0.4, -0.2) is 36.9 Å². The number of hydrogen-bond donors (Lipinski definition) is 1. The minimum Gasteiger partial charge on any atom is -0.372 e. The van der Waals surface area contributed by atoms with Gasteiger partial charge >= 0.3 is 0 Å². The molecular weight excluding hydrogens is 374 g/mol. The molecule has 5 heteroatoms. The number of amides is 2. The van der Waals surface area contributed by atoms with E-state index in [0.29, 0.717) is 11.3 Å². The maximum Gasteiger partial charge on any atom is 0.277 e. The molecule has 0 bridgehead atoms. The average Bonchev–Trinajstić information content (AvgIpc) is 2.93. The second-order valence-corrected chi connectivity index (χ2v) is 8.58. The molecular formula is C25H29N3O2. The van der Waals surface area contributed by atoms with E-state index >= 15 is 0 Å². The van der Waals surface area contributed by atoms with Gasteiger partial charge < -0.3 is 10.2 Å². The lowest BCUT2D eigenvalue weighted by molar-refractivity contribution is -0.135. The van der Waals surface area contributed by atoms with E-state index < -0.39 is 0 Å². The minimum atomic E-state index is -0.302. The molecule has 2 heterocycles. The number of imide groups is 1. The maximum absolute atomic E-state index is 12.8. The van der Waals surface area contributed by atoms with Crippen molar-refractivity contribution in [1.29, 1.82) is 0 Å². The van der Waals surface area contributed by atoms with Crippen LogP contribution in [0.3, 0.4) is 0 Å². The van der Waals surface area contributed by atoms with E-state index in [0.717, 1.165) is 41.4 Å². The first-order chi connectivity index (χ1) is 14.3. The van der Waals surface area contributed by atoms with Gasteiger partial charge in [0.2, 0.25) is 0 Å². The van der Waals surface area contributed by atoms with Crippen LogP contribution in [0.5, 0.6) is 0 Å². The average molecular weight is 404 g/mol. The number of anilines is 2. The van der Waals surface area contributed by atoms with Crippen molar-refractivity contribution in [1.82, 2.24) is 4.90 Å². The number of carbonyl (C=O) groups excluding carboxylic acids is 2. The normalized spacial score (nSPS) is 17.9. The molecule has 0 unspecified atom stereocenters.